The Morgan fingerprint density at radius 1 is 0.938 bits per heavy atom. The zero-order valence-electron chi connectivity index (χ0n) is 18.2. The Kier molecular flexibility index (Phi) is 7.09. The highest BCUT2D eigenvalue weighted by Crippen LogP contribution is 2.35. The van der Waals surface area contributed by atoms with E-state index in [0.29, 0.717) is 42.4 Å². The van der Waals surface area contributed by atoms with Gasteiger partial charge in [-0.1, -0.05) is 6.92 Å². The number of anilines is 1. The van der Waals surface area contributed by atoms with E-state index < -0.39 is 16.7 Å². The van der Waals surface area contributed by atoms with Gasteiger partial charge in [-0.2, -0.15) is 0 Å². The highest BCUT2D eigenvalue weighted by Gasteiger charge is 2.38. The van der Waals surface area contributed by atoms with E-state index >= 15 is 0 Å². The highest BCUT2D eigenvalue weighted by molar-refractivity contribution is 6.36. The maximum atomic E-state index is 13.1. The number of nitro groups is 1. The van der Waals surface area contributed by atoms with Gasteiger partial charge in [0.1, 0.15) is 5.70 Å². The number of amides is 2. The molecule has 3 rings (SSSR count). The Morgan fingerprint density at radius 2 is 1.59 bits per heavy atom. The number of nitrogens with one attached hydrogen (secondary N) is 1. The van der Waals surface area contributed by atoms with Gasteiger partial charge in [0.2, 0.25) is 0 Å². The average Bonchev–Trinajstić information content (AvgIpc) is 3.00. The SMILES string of the molecule is CCCN1C(=O)C(Nc2ccc(OCC)c(OCC)c2)=C(c2ccc([N+](=O)[O-])cc2)C1=O. The fourth-order valence-corrected chi connectivity index (χ4v) is 3.41. The van der Waals surface area contributed by atoms with Gasteiger partial charge in [-0.05, 0) is 50.1 Å². The number of rotatable bonds is 10. The molecular weight excluding hydrogens is 414 g/mol. The molecule has 32 heavy (non-hydrogen) atoms. The Morgan fingerprint density at radius 3 is 2.19 bits per heavy atom. The van der Waals surface area contributed by atoms with E-state index in [-0.39, 0.29) is 23.5 Å². The minimum atomic E-state index is -0.516. The summed E-state index contributed by atoms with van der Waals surface area (Å²) in [4.78, 5) is 37.8. The molecule has 0 spiro atoms. The van der Waals surface area contributed by atoms with Gasteiger partial charge in [-0.3, -0.25) is 24.6 Å². The lowest BCUT2D eigenvalue weighted by Crippen LogP contribution is -2.33. The standard InChI is InChI=1S/C23H25N3O6/c1-4-13-25-22(27)20(15-7-10-17(11-8-15)26(29)30)21(23(25)28)24-16-9-12-18(31-5-2)19(14-16)32-6-3/h7-12,14,24H,4-6,13H2,1-3H3. The van der Waals surface area contributed by atoms with Crippen molar-refractivity contribution in [3.05, 3.63) is 63.8 Å². The van der Waals surface area contributed by atoms with Crippen LogP contribution in [0.15, 0.2) is 48.2 Å². The number of hydrogen-bond donors (Lipinski definition) is 1. The smallest absolute Gasteiger partial charge is 0.278 e. The summed E-state index contributed by atoms with van der Waals surface area (Å²) in [5.74, 6) is 0.200. The predicted molar refractivity (Wildman–Crippen MR) is 119 cm³/mol. The molecule has 9 heteroatoms. The molecule has 2 aromatic rings. The molecule has 0 aliphatic carbocycles. The van der Waals surface area contributed by atoms with Crippen molar-refractivity contribution in [3.8, 4) is 11.5 Å². The van der Waals surface area contributed by atoms with Crippen LogP contribution in [-0.4, -0.2) is 41.4 Å². The zero-order valence-corrected chi connectivity index (χ0v) is 18.2. The van der Waals surface area contributed by atoms with E-state index in [9.17, 15) is 19.7 Å². The number of imide groups is 1. The number of carbonyl (C=O) groups is 2. The zero-order chi connectivity index (χ0) is 23.3. The molecule has 0 unspecified atom stereocenters. The van der Waals surface area contributed by atoms with Gasteiger partial charge in [-0.25, -0.2) is 0 Å². The number of benzene rings is 2. The molecule has 2 aromatic carbocycles. The van der Waals surface area contributed by atoms with Crippen LogP contribution in [0.5, 0.6) is 11.5 Å². The van der Waals surface area contributed by atoms with Gasteiger partial charge in [0.25, 0.3) is 17.5 Å². The first-order valence-electron chi connectivity index (χ1n) is 10.4. The van der Waals surface area contributed by atoms with E-state index in [0.717, 1.165) is 0 Å². The molecule has 1 aliphatic heterocycles. The summed E-state index contributed by atoms with van der Waals surface area (Å²) in [6, 6.07) is 10.7. The molecule has 0 bridgehead atoms. The lowest BCUT2D eigenvalue weighted by molar-refractivity contribution is -0.384. The quantitative estimate of drug-likeness (QED) is 0.338. The maximum Gasteiger partial charge on any atom is 0.278 e. The van der Waals surface area contributed by atoms with Crippen molar-refractivity contribution >= 4 is 28.8 Å². The van der Waals surface area contributed by atoms with Crippen molar-refractivity contribution in [2.45, 2.75) is 27.2 Å². The van der Waals surface area contributed by atoms with Crippen LogP contribution in [0.25, 0.3) is 5.57 Å². The monoisotopic (exact) mass is 439 g/mol. The van der Waals surface area contributed by atoms with Crippen LogP contribution in [-0.2, 0) is 9.59 Å². The Bertz CT molecular complexity index is 1060. The Labute approximate surface area is 185 Å². The number of carbonyl (C=O) groups excluding carboxylic acids is 2. The minimum Gasteiger partial charge on any atom is -0.490 e. The van der Waals surface area contributed by atoms with Gasteiger partial charge in [0.05, 0.1) is 23.7 Å². The third kappa shape index (κ3) is 4.56. The fraction of sp³-hybridized carbons (Fsp3) is 0.304. The van der Waals surface area contributed by atoms with Crippen molar-refractivity contribution in [1.82, 2.24) is 4.90 Å². The van der Waals surface area contributed by atoms with Crippen LogP contribution in [0, 0.1) is 10.1 Å². The molecule has 0 aromatic heterocycles. The number of non-ortho nitro benzene ring substituents is 1. The van der Waals surface area contributed by atoms with E-state index in [2.05, 4.69) is 5.32 Å². The Hall–Kier alpha value is -3.88. The third-order valence-electron chi connectivity index (χ3n) is 4.79. The predicted octanol–water partition coefficient (Wildman–Crippen LogP) is 3.99. The normalized spacial score (nSPS) is 13.5. The third-order valence-corrected chi connectivity index (χ3v) is 4.79. The van der Waals surface area contributed by atoms with Crippen molar-refractivity contribution in [2.75, 3.05) is 25.1 Å². The maximum absolute atomic E-state index is 13.1. The fourth-order valence-electron chi connectivity index (χ4n) is 3.41. The van der Waals surface area contributed by atoms with Crippen molar-refractivity contribution < 1.29 is 24.0 Å². The van der Waals surface area contributed by atoms with Gasteiger partial charge < -0.3 is 14.8 Å². The van der Waals surface area contributed by atoms with Gasteiger partial charge in [-0.15, -0.1) is 0 Å². The lowest BCUT2D eigenvalue weighted by atomic mass is 10.0. The highest BCUT2D eigenvalue weighted by atomic mass is 16.6. The van der Waals surface area contributed by atoms with Gasteiger partial charge >= 0.3 is 0 Å². The molecule has 1 aliphatic rings. The molecule has 1 N–H and O–H groups in total. The summed E-state index contributed by atoms with van der Waals surface area (Å²) < 4.78 is 11.2. The van der Waals surface area contributed by atoms with Crippen LogP contribution in [0.1, 0.15) is 32.8 Å². The summed E-state index contributed by atoms with van der Waals surface area (Å²) in [5.41, 5.74) is 1.16. The molecule has 0 radical (unpaired) electrons. The van der Waals surface area contributed by atoms with Crippen LogP contribution in [0.4, 0.5) is 11.4 Å². The van der Waals surface area contributed by atoms with Crippen LogP contribution < -0.4 is 14.8 Å². The number of nitro benzene ring substituents is 1. The van der Waals surface area contributed by atoms with E-state index in [1.165, 1.54) is 29.2 Å². The molecular formula is C23H25N3O6. The molecule has 0 atom stereocenters. The second kappa shape index (κ2) is 9.95. The summed E-state index contributed by atoms with van der Waals surface area (Å²) in [7, 11) is 0. The second-order valence-corrected chi connectivity index (χ2v) is 6.97. The van der Waals surface area contributed by atoms with Crippen molar-refractivity contribution in [2.24, 2.45) is 0 Å². The topological polar surface area (TPSA) is 111 Å². The first-order chi connectivity index (χ1) is 15.4. The number of ether oxygens (including phenoxy) is 2. The minimum absolute atomic E-state index is 0.0982. The molecule has 0 fully saturated rings. The Balaban J connectivity index is 2.04. The summed E-state index contributed by atoms with van der Waals surface area (Å²) in [5, 5.41) is 14.0. The van der Waals surface area contributed by atoms with Crippen LogP contribution >= 0.6 is 0 Å². The molecule has 9 nitrogen and oxygen atoms in total. The van der Waals surface area contributed by atoms with Crippen LogP contribution in [0.2, 0.25) is 0 Å². The molecule has 0 saturated heterocycles. The summed E-state index contributed by atoms with van der Waals surface area (Å²) >= 11 is 0. The first kappa shape index (κ1) is 22.8. The van der Waals surface area contributed by atoms with E-state index in [1.54, 1.807) is 18.2 Å². The van der Waals surface area contributed by atoms with E-state index in [1.807, 2.05) is 20.8 Å². The summed E-state index contributed by atoms with van der Waals surface area (Å²) in [6.07, 6.45) is 0.607. The number of nitrogens with zero attached hydrogens (tertiary/aromatic N) is 2. The van der Waals surface area contributed by atoms with Gasteiger partial charge in [0, 0.05) is 30.4 Å². The molecule has 1 heterocycles. The number of hydrogen-bond acceptors (Lipinski definition) is 7. The molecule has 168 valence electrons. The largest absolute Gasteiger partial charge is 0.490 e. The van der Waals surface area contributed by atoms with Crippen LogP contribution in [0.3, 0.4) is 0 Å². The van der Waals surface area contributed by atoms with Crippen molar-refractivity contribution in [3.63, 3.8) is 0 Å². The molecule has 0 saturated carbocycles. The van der Waals surface area contributed by atoms with Crippen molar-refractivity contribution in [1.29, 1.82) is 0 Å². The van der Waals surface area contributed by atoms with E-state index in [4.69, 9.17) is 9.47 Å². The molecule has 2 amide bonds. The average molecular weight is 439 g/mol. The second-order valence-electron chi connectivity index (χ2n) is 6.97. The first-order valence-corrected chi connectivity index (χ1v) is 10.4. The lowest BCUT2D eigenvalue weighted by Gasteiger charge is -2.15. The summed E-state index contributed by atoms with van der Waals surface area (Å²) in [6.45, 7) is 6.77. The van der Waals surface area contributed by atoms with Gasteiger partial charge in [0.15, 0.2) is 11.5 Å².